The minimum atomic E-state index is -1.48. The van der Waals surface area contributed by atoms with E-state index >= 15 is 0 Å². The van der Waals surface area contributed by atoms with Crippen LogP contribution in [0.4, 0.5) is 0 Å². The highest BCUT2D eigenvalue weighted by Gasteiger charge is 2.38. The Bertz CT molecular complexity index is 906. The predicted molar refractivity (Wildman–Crippen MR) is 98.7 cm³/mol. The molecular formula is C17H23N5O3S. The van der Waals surface area contributed by atoms with E-state index in [0.717, 1.165) is 23.5 Å². The van der Waals surface area contributed by atoms with Crippen LogP contribution in [0.25, 0.3) is 10.6 Å². The second-order valence-corrected chi connectivity index (χ2v) is 7.73. The number of amides is 1. The van der Waals surface area contributed by atoms with Gasteiger partial charge in [-0.15, -0.1) is 11.3 Å². The summed E-state index contributed by atoms with van der Waals surface area (Å²) in [6.45, 7) is 5.19. The number of rotatable bonds is 4. The Kier molecular flexibility index (Phi) is 4.96. The Morgan fingerprint density at radius 3 is 2.88 bits per heavy atom. The molecule has 1 atom stereocenters. The van der Waals surface area contributed by atoms with Gasteiger partial charge in [0.2, 0.25) is 0 Å². The van der Waals surface area contributed by atoms with E-state index in [1.807, 2.05) is 24.1 Å². The van der Waals surface area contributed by atoms with Gasteiger partial charge in [-0.1, -0.05) is 0 Å². The van der Waals surface area contributed by atoms with Gasteiger partial charge in [0, 0.05) is 25.5 Å². The molecule has 1 aliphatic heterocycles. The molecule has 1 unspecified atom stereocenters. The summed E-state index contributed by atoms with van der Waals surface area (Å²) in [5, 5.41) is 17.1. The van der Waals surface area contributed by atoms with Crippen LogP contribution in [0.1, 0.15) is 29.8 Å². The first-order valence-electron chi connectivity index (χ1n) is 8.45. The number of hydrogen-bond donors (Lipinski definition) is 2. The number of nitrogens with two attached hydrogens (primary N) is 1. The maximum absolute atomic E-state index is 12.5. The Hall–Kier alpha value is -2.10. The monoisotopic (exact) mass is 377 g/mol. The highest BCUT2D eigenvalue weighted by molar-refractivity contribution is 7.13. The Morgan fingerprint density at radius 1 is 1.46 bits per heavy atom. The van der Waals surface area contributed by atoms with Crippen molar-refractivity contribution >= 4 is 17.2 Å². The number of hydrogen-bond acceptors (Lipinski definition) is 7. The predicted octanol–water partition coefficient (Wildman–Crippen LogP) is 0.333. The lowest BCUT2D eigenvalue weighted by Crippen LogP contribution is -2.55. The number of carbonyl (C=O) groups is 1. The largest absolute Gasteiger partial charge is 0.379 e. The summed E-state index contributed by atoms with van der Waals surface area (Å²) in [7, 11) is 1.63. The summed E-state index contributed by atoms with van der Waals surface area (Å²) < 4.78 is 1.33. The molecule has 9 heteroatoms. The van der Waals surface area contributed by atoms with Crippen molar-refractivity contribution in [3.05, 3.63) is 32.7 Å². The number of aromatic nitrogens is 3. The molecule has 0 bridgehead atoms. The fraction of sp³-hybridized carbons (Fsp3) is 0.529. The number of carbonyl (C=O) groups excluding carboxylic acids is 1. The van der Waals surface area contributed by atoms with Crippen molar-refractivity contribution in [3.8, 4) is 10.6 Å². The van der Waals surface area contributed by atoms with Gasteiger partial charge < -0.3 is 10.8 Å². The molecule has 2 aromatic rings. The first kappa shape index (κ1) is 18.7. The first-order valence-corrected chi connectivity index (χ1v) is 9.33. The van der Waals surface area contributed by atoms with Gasteiger partial charge >= 0.3 is 0 Å². The SMILES string of the molecule is Cc1nn(C)c(=O)c(-c2nc(CN3CCCC(O)(C(N)=O)C3)cs2)c1C. The molecule has 1 fully saturated rings. The maximum atomic E-state index is 12.5. The highest BCUT2D eigenvalue weighted by Crippen LogP contribution is 2.27. The number of primary amides is 1. The third kappa shape index (κ3) is 3.42. The zero-order valence-corrected chi connectivity index (χ0v) is 16.0. The second-order valence-electron chi connectivity index (χ2n) is 6.87. The molecule has 0 radical (unpaired) electrons. The van der Waals surface area contributed by atoms with Gasteiger partial charge in [-0.05, 0) is 38.8 Å². The Morgan fingerprint density at radius 2 is 2.19 bits per heavy atom. The van der Waals surface area contributed by atoms with Crippen LogP contribution >= 0.6 is 11.3 Å². The van der Waals surface area contributed by atoms with Crippen LogP contribution < -0.4 is 11.3 Å². The van der Waals surface area contributed by atoms with Crippen LogP contribution in [-0.2, 0) is 18.4 Å². The van der Waals surface area contributed by atoms with E-state index in [0.29, 0.717) is 30.0 Å². The molecule has 0 spiro atoms. The number of aliphatic hydroxyl groups is 1. The number of aryl methyl sites for hydroxylation is 2. The number of nitrogens with zero attached hydrogens (tertiary/aromatic N) is 4. The molecule has 0 aromatic carbocycles. The molecule has 3 rings (SSSR count). The topological polar surface area (TPSA) is 114 Å². The first-order chi connectivity index (χ1) is 12.2. The average Bonchev–Trinajstić information content (AvgIpc) is 3.01. The van der Waals surface area contributed by atoms with E-state index in [1.165, 1.54) is 16.0 Å². The molecule has 3 N–H and O–H groups in total. The molecule has 8 nitrogen and oxygen atoms in total. The standard InChI is InChI=1S/C17H23N5O3S/c1-10-11(2)20-21(3)15(23)13(10)14-19-12(8-26-14)7-22-6-4-5-17(25,9-22)16(18)24/h8,25H,4-7,9H2,1-3H3,(H2,18,24). The van der Waals surface area contributed by atoms with Crippen LogP contribution in [0.15, 0.2) is 10.2 Å². The molecule has 26 heavy (non-hydrogen) atoms. The summed E-state index contributed by atoms with van der Waals surface area (Å²) >= 11 is 1.41. The number of piperidine rings is 1. The van der Waals surface area contributed by atoms with Gasteiger partial charge in [0.05, 0.1) is 17.0 Å². The van der Waals surface area contributed by atoms with Crippen LogP contribution in [0.2, 0.25) is 0 Å². The molecule has 140 valence electrons. The zero-order chi connectivity index (χ0) is 19.1. The normalized spacial score (nSPS) is 21.1. The Labute approximate surface area is 155 Å². The number of thiazole rings is 1. The van der Waals surface area contributed by atoms with Crippen molar-refractivity contribution in [1.82, 2.24) is 19.7 Å². The van der Waals surface area contributed by atoms with Crippen LogP contribution in [0, 0.1) is 13.8 Å². The summed E-state index contributed by atoms with van der Waals surface area (Å²) in [6.07, 6.45) is 1.08. The smallest absolute Gasteiger partial charge is 0.277 e. The van der Waals surface area contributed by atoms with Crippen molar-refractivity contribution in [2.24, 2.45) is 12.8 Å². The van der Waals surface area contributed by atoms with Crippen molar-refractivity contribution < 1.29 is 9.90 Å². The second kappa shape index (κ2) is 6.90. The molecule has 1 saturated heterocycles. The van der Waals surface area contributed by atoms with E-state index in [1.54, 1.807) is 7.05 Å². The van der Waals surface area contributed by atoms with Gasteiger partial charge in [0.1, 0.15) is 5.01 Å². The maximum Gasteiger partial charge on any atom is 0.277 e. The Balaban J connectivity index is 1.84. The average molecular weight is 377 g/mol. The lowest BCUT2D eigenvalue weighted by Gasteiger charge is -2.36. The van der Waals surface area contributed by atoms with Gasteiger partial charge in [-0.25, -0.2) is 9.67 Å². The molecule has 1 amide bonds. The molecule has 0 aliphatic carbocycles. The highest BCUT2D eigenvalue weighted by atomic mass is 32.1. The van der Waals surface area contributed by atoms with Crippen LogP contribution in [0.3, 0.4) is 0 Å². The van der Waals surface area contributed by atoms with E-state index in [-0.39, 0.29) is 12.1 Å². The van der Waals surface area contributed by atoms with Gasteiger partial charge in [0.25, 0.3) is 11.5 Å². The van der Waals surface area contributed by atoms with Crippen molar-refractivity contribution in [2.75, 3.05) is 13.1 Å². The molecule has 1 aliphatic rings. The third-order valence-electron chi connectivity index (χ3n) is 4.89. The van der Waals surface area contributed by atoms with Crippen molar-refractivity contribution in [1.29, 1.82) is 0 Å². The molecule has 0 saturated carbocycles. The lowest BCUT2D eigenvalue weighted by atomic mass is 9.92. The lowest BCUT2D eigenvalue weighted by molar-refractivity contribution is -0.142. The minimum Gasteiger partial charge on any atom is -0.379 e. The van der Waals surface area contributed by atoms with Crippen molar-refractivity contribution in [3.63, 3.8) is 0 Å². The summed E-state index contributed by atoms with van der Waals surface area (Å²) in [5.74, 6) is -0.687. The summed E-state index contributed by atoms with van der Waals surface area (Å²) in [4.78, 5) is 30.5. The van der Waals surface area contributed by atoms with Gasteiger partial charge in [-0.2, -0.15) is 5.10 Å². The number of β-amino-alcohol motifs (C(OH)–C–C–N with tert-alkyl or cyclic N) is 1. The van der Waals surface area contributed by atoms with E-state index in [9.17, 15) is 14.7 Å². The van der Waals surface area contributed by atoms with Crippen LogP contribution in [0.5, 0.6) is 0 Å². The van der Waals surface area contributed by atoms with E-state index in [4.69, 9.17) is 5.73 Å². The molecule has 3 heterocycles. The van der Waals surface area contributed by atoms with E-state index < -0.39 is 11.5 Å². The summed E-state index contributed by atoms with van der Waals surface area (Å²) in [5.41, 5.74) is 6.67. The summed E-state index contributed by atoms with van der Waals surface area (Å²) in [6, 6.07) is 0. The van der Waals surface area contributed by atoms with Gasteiger partial charge in [-0.3, -0.25) is 14.5 Å². The van der Waals surface area contributed by atoms with Crippen molar-refractivity contribution in [2.45, 2.75) is 38.8 Å². The number of likely N-dealkylation sites (tertiary alicyclic amines) is 1. The fourth-order valence-electron chi connectivity index (χ4n) is 3.28. The third-order valence-corrected chi connectivity index (χ3v) is 5.79. The molecular weight excluding hydrogens is 354 g/mol. The van der Waals surface area contributed by atoms with Crippen LogP contribution in [-0.4, -0.2) is 49.4 Å². The zero-order valence-electron chi connectivity index (χ0n) is 15.2. The van der Waals surface area contributed by atoms with E-state index in [2.05, 4.69) is 10.1 Å². The quantitative estimate of drug-likeness (QED) is 0.794. The fourth-order valence-corrected chi connectivity index (χ4v) is 4.19. The molecule has 2 aromatic heterocycles. The minimum absolute atomic E-state index is 0.171. The van der Waals surface area contributed by atoms with Gasteiger partial charge in [0.15, 0.2) is 5.60 Å².